The summed E-state index contributed by atoms with van der Waals surface area (Å²) in [6.45, 7) is 2.66. The summed E-state index contributed by atoms with van der Waals surface area (Å²) in [4.78, 5) is 6.89. The highest BCUT2D eigenvalue weighted by Crippen LogP contribution is 2.37. The zero-order valence-corrected chi connectivity index (χ0v) is 20.1. The monoisotopic (exact) mass is 476 g/mol. The van der Waals surface area contributed by atoms with Crippen molar-refractivity contribution < 1.29 is 14.6 Å². The van der Waals surface area contributed by atoms with Crippen molar-refractivity contribution in [3.8, 4) is 5.88 Å². The second-order valence-electron chi connectivity index (χ2n) is 9.00. The van der Waals surface area contributed by atoms with E-state index in [2.05, 4.69) is 28.1 Å². The van der Waals surface area contributed by atoms with E-state index in [4.69, 9.17) is 21.1 Å². The molecule has 1 aromatic carbocycles. The number of pyridine rings is 1. The number of methoxy groups -OCH3 is 1. The topological polar surface area (TPSA) is 54.8 Å². The van der Waals surface area contributed by atoms with Crippen molar-refractivity contribution in [2.24, 2.45) is 0 Å². The summed E-state index contributed by atoms with van der Waals surface area (Å²) in [5.74, 6) is 2.37. The molecule has 1 saturated heterocycles. The van der Waals surface area contributed by atoms with E-state index in [9.17, 15) is 5.11 Å². The van der Waals surface area contributed by atoms with Gasteiger partial charge in [0.2, 0.25) is 5.88 Å². The molecule has 1 aliphatic carbocycles. The number of hydrogen-bond acceptors (Lipinski definition) is 5. The van der Waals surface area contributed by atoms with Crippen LogP contribution < -0.4 is 4.74 Å². The van der Waals surface area contributed by atoms with Gasteiger partial charge in [-0.15, -0.1) is 0 Å². The molecule has 5 nitrogen and oxygen atoms in total. The Morgan fingerprint density at radius 2 is 1.97 bits per heavy atom. The van der Waals surface area contributed by atoms with Crippen molar-refractivity contribution in [3.63, 3.8) is 0 Å². The number of allylic oxidation sites excluding steroid dienone is 6. The quantitative estimate of drug-likeness (QED) is 0.606. The smallest absolute Gasteiger partial charge is 0.227 e. The third-order valence-electron chi connectivity index (χ3n) is 6.86. The Bertz CT molecular complexity index is 1170. The molecule has 2 aliphatic heterocycles. The van der Waals surface area contributed by atoms with Gasteiger partial charge in [0.05, 0.1) is 12.7 Å². The van der Waals surface area contributed by atoms with E-state index in [0.717, 1.165) is 72.7 Å². The fourth-order valence-electron chi connectivity index (χ4n) is 4.80. The molecule has 2 aromatic rings. The van der Waals surface area contributed by atoms with Crippen molar-refractivity contribution >= 4 is 17.2 Å². The maximum atomic E-state index is 11.1. The number of aliphatic hydroxyl groups is 1. The number of hydrogen-bond donors (Lipinski definition) is 1. The van der Waals surface area contributed by atoms with E-state index in [0.29, 0.717) is 17.3 Å². The summed E-state index contributed by atoms with van der Waals surface area (Å²) >= 11 is 6.01. The van der Waals surface area contributed by atoms with Crippen LogP contribution in [0.15, 0.2) is 84.0 Å². The first-order valence-electron chi connectivity index (χ1n) is 11.7. The summed E-state index contributed by atoms with van der Waals surface area (Å²) in [5.41, 5.74) is 3.39. The molecule has 0 atom stereocenters. The van der Waals surface area contributed by atoms with E-state index in [-0.39, 0.29) is 0 Å². The predicted molar refractivity (Wildman–Crippen MR) is 134 cm³/mol. The highest BCUT2D eigenvalue weighted by Gasteiger charge is 2.33. The van der Waals surface area contributed by atoms with Crippen LogP contribution in [0.1, 0.15) is 36.8 Å². The SMILES string of the molecule is COC1=CC=C2Oc3ncccc3C(=CCCN3CCC(O)(c4ccc(Cl)cc4)CC3)C=C2C1. The maximum Gasteiger partial charge on any atom is 0.227 e. The fraction of sp³-hybridized carbons (Fsp3) is 0.321. The minimum absolute atomic E-state index is 0.631. The molecular weight excluding hydrogens is 448 g/mol. The number of aromatic nitrogens is 1. The van der Waals surface area contributed by atoms with Crippen molar-refractivity contribution in [2.45, 2.75) is 31.3 Å². The Balaban J connectivity index is 1.27. The molecule has 0 spiro atoms. The van der Waals surface area contributed by atoms with E-state index in [1.165, 1.54) is 0 Å². The first kappa shape index (κ1) is 22.9. The molecular formula is C28H29ClN2O3. The van der Waals surface area contributed by atoms with Crippen molar-refractivity contribution in [3.05, 3.63) is 100 Å². The van der Waals surface area contributed by atoms with Gasteiger partial charge >= 0.3 is 0 Å². The standard InChI is InChI=1S/C28H29ClN2O3/c1-33-24-10-11-26-21(19-24)18-20(25-5-2-14-30-27(25)34-26)4-3-15-31-16-12-28(32,13-17-31)22-6-8-23(29)9-7-22/h2,4-11,14,18,32H,3,12-13,15-17,19H2,1H3. The van der Waals surface area contributed by atoms with Crippen LogP contribution in [0, 0.1) is 0 Å². The molecule has 1 N–H and O–H groups in total. The Hall–Kier alpha value is -2.86. The molecule has 3 heterocycles. The minimum Gasteiger partial charge on any atom is -0.501 e. The third kappa shape index (κ3) is 4.83. The van der Waals surface area contributed by atoms with Gasteiger partial charge in [0, 0.05) is 48.4 Å². The normalized spacial score (nSPS) is 20.8. The molecule has 0 unspecified atom stereocenters. The van der Waals surface area contributed by atoms with Crippen LogP contribution in [0.25, 0.3) is 5.57 Å². The van der Waals surface area contributed by atoms with Gasteiger partial charge in [0.25, 0.3) is 0 Å². The van der Waals surface area contributed by atoms with Crippen LogP contribution in [0.5, 0.6) is 5.88 Å². The Morgan fingerprint density at radius 3 is 2.74 bits per heavy atom. The van der Waals surface area contributed by atoms with Crippen molar-refractivity contribution in [2.75, 3.05) is 26.7 Å². The van der Waals surface area contributed by atoms with Crippen LogP contribution in [0.4, 0.5) is 0 Å². The van der Waals surface area contributed by atoms with E-state index < -0.39 is 5.60 Å². The maximum absolute atomic E-state index is 11.1. The van der Waals surface area contributed by atoms with Gasteiger partial charge in [-0.3, -0.25) is 0 Å². The number of nitrogens with zero attached hydrogens (tertiary/aromatic N) is 2. The lowest BCUT2D eigenvalue weighted by Gasteiger charge is -2.38. The van der Waals surface area contributed by atoms with Gasteiger partial charge in [-0.05, 0) is 72.9 Å². The zero-order chi connectivity index (χ0) is 23.5. The molecule has 0 amide bonds. The molecule has 0 radical (unpaired) electrons. The van der Waals surface area contributed by atoms with Gasteiger partial charge in [-0.1, -0.05) is 29.8 Å². The molecule has 6 heteroatoms. The first-order valence-corrected chi connectivity index (χ1v) is 12.1. The third-order valence-corrected chi connectivity index (χ3v) is 7.11. The van der Waals surface area contributed by atoms with Crippen LogP contribution in [0.3, 0.4) is 0 Å². The molecule has 1 aromatic heterocycles. The molecule has 3 aliphatic rings. The molecule has 5 rings (SSSR count). The second kappa shape index (κ2) is 9.79. The van der Waals surface area contributed by atoms with Gasteiger partial charge in [-0.25, -0.2) is 4.98 Å². The molecule has 176 valence electrons. The van der Waals surface area contributed by atoms with Gasteiger partial charge in [-0.2, -0.15) is 0 Å². The van der Waals surface area contributed by atoms with Crippen LogP contribution in [-0.4, -0.2) is 41.7 Å². The number of fused-ring (bicyclic) bond motifs is 2. The molecule has 1 fully saturated rings. The highest BCUT2D eigenvalue weighted by atomic mass is 35.5. The fourth-order valence-corrected chi connectivity index (χ4v) is 4.93. The first-order chi connectivity index (χ1) is 16.5. The lowest BCUT2D eigenvalue weighted by Crippen LogP contribution is -2.42. The van der Waals surface area contributed by atoms with Crippen LogP contribution in [-0.2, 0) is 10.3 Å². The summed E-state index contributed by atoms with van der Waals surface area (Å²) in [6.07, 6.45) is 13.2. The largest absolute Gasteiger partial charge is 0.501 e. The highest BCUT2D eigenvalue weighted by molar-refractivity contribution is 6.30. The zero-order valence-electron chi connectivity index (χ0n) is 19.3. The van der Waals surface area contributed by atoms with Crippen molar-refractivity contribution in [1.82, 2.24) is 9.88 Å². The van der Waals surface area contributed by atoms with Gasteiger partial charge in [0.15, 0.2) is 0 Å². The lowest BCUT2D eigenvalue weighted by molar-refractivity contribution is -0.0254. The number of piperidine rings is 1. The van der Waals surface area contributed by atoms with E-state index in [1.54, 1.807) is 13.3 Å². The predicted octanol–water partition coefficient (Wildman–Crippen LogP) is 5.63. The summed E-state index contributed by atoms with van der Waals surface area (Å²) in [7, 11) is 1.70. The van der Waals surface area contributed by atoms with E-state index >= 15 is 0 Å². The number of rotatable bonds is 5. The van der Waals surface area contributed by atoms with Crippen LogP contribution in [0.2, 0.25) is 5.02 Å². The summed E-state index contributed by atoms with van der Waals surface area (Å²) in [5, 5.41) is 11.8. The Kier molecular flexibility index (Phi) is 6.59. The Labute approximate surface area is 205 Å². The molecule has 34 heavy (non-hydrogen) atoms. The molecule has 0 saturated carbocycles. The minimum atomic E-state index is -0.774. The molecule has 0 bridgehead atoms. The number of halogens is 1. The number of ether oxygens (including phenoxy) is 2. The summed E-state index contributed by atoms with van der Waals surface area (Å²) < 4.78 is 11.6. The lowest BCUT2D eigenvalue weighted by atomic mass is 9.84. The van der Waals surface area contributed by atoms with Gasteiger partial charge < -0.3 is 19.5 Å². The number of likely N-dealkylation sites (tertiary alicyclic amines) is 1. The van der Waals surface area contributed by atoms with Gasteiger partial charge in [0.1, 0.15) is 11.5 Å². The second-order valence-corrected chi connectivity index (χ2v) is 9.44. The van der Waals surface area contributed by atoms with Crippen molar-refractivity contribution in [1.29, 1.82) is 0 Å². The number of benzene rings is 1. The summed E-state index contributed by atoms with van der Waals surface area (Å²) in [6, 6.07) is 11.6. The Morgan fingerprint density at radius 1 is 1.18 bits per heavy atom. The average Bonchev–Trinajstić information content (AvgIpc) is 3.01. The van der Waals surface area contributed by atoms with Crippen LogP contribution >= 0.6 is 11.6 Å². The average molecular weight is 477 g/mol. The van der Waals surface area contributed by atoms with E-state index in [1.807, 2.05) is 42.5 Å².